The Morgan fingerprint density at radius 3 is 1.11 bits per heavy atom. The zero-order chi connectivity index (χ0) is 29.1. The summed E-state index contributed by atoms with van der Waals surface area (Å²) in [6.45, 7) is 0. The molecule has 0 amide bonds. The summed E-state index contributed by atoms with van der Waals surface area (Å²) in [5, 5.41) is 35.7. The molecule has 0 saturated heterocycles. The summed E-state index contributed by atoms with van der Waals surface area (Å²) in [5.41, 5.74) is 3.21. The maximum atomic E-state index is 12.1. The Morgan fingerprint density at radius 1 is 0.364 bits per heavy atom. The number of phenols is 2. The van der Waals surface area contributed by atoms with Crippen LogP contribution in [-0.4, -0.2) is 10.2 Å². The van der Waals surface area contributed by atoms with Gasteiger partial charge in [0.05, 0.1) is 0 Å². The van der Waals surface area contributed by atoms with Crippen LogP contribution in [0, 0.1) is 0 Å². The Labute approximate surface area is 249 Å². The van der Waals surface area contributed by atoms with E-state index in [1.807, 2.05) is 72.8 Å². The summed E-state index contributed by atoms with van der Waals surface area (Å²) >= 11 is 0. The van der Waals surface area contributed by atoms with E-state index in [9.17, 15) is 10.2 Å². The molecule has 2 N–H and O–H groups in total. The van der Waals surface area contributed by atoms with E-state index in [1.165, 1.54) is 0 Å². The van der Waals surface area contributed by atoms with Gasteiger partial charge in [0.25, 0.3) is 0 Å². The normalized spacial score (nSPS) is 12.3. The van der Waals surface area contributed by atoms with Gasteiger partial charge in [0.1, 0.15) is 11.2 Å². The highest BCUT2D eigenvalue weighted by atomic mass is 16.4. The lowest BCUT2D eigenvalue weighted by atomic mass is 9.88. The molecule has 0 atom stereocenters. The van der Waals surface area contributed by atoms with Gasteiger partial charge < -0.3 is 19.0 Å². The molecule has 4 nitrogen and oxygen atoms in total. The van der Waals surface area contributed by atoms with E-state index in [-0.39, 0.29) is 11.5 Å². The molecular formula is C40H22O4. The van der Waals surface area contributed by atoms with Crippen LogP contribution < -0.4 is 0 Å². The fourth-order valence-electron chi connectivity index (χ4n) is 7.26. The molecule has 0 aliphatic carbocycles. The van der Waals surface area contributed by atoms with Crippen molar-refractivity contribution in [3.8, 4) is 22.6 Å². The lowest BCUT2D eigenvalue weighted by molar-refractivity contribution is 0.464. The molecule has 0 aliphatic rings. The van der Waals surface area contributed by atoms with E-state index in [0.717, 1.165) is 64.6 Å². The average molecular weight is 567 g/mol. The molecular weight excluding hydrogens is 544 g/mol. The first-order valence-corrected chi connectivity index (χ1v) is 14.6. The number of aromatic hydroxyl groups is 2. The topological polar surface area (TPSA) is 66.7 Å². The highest BCUT2D eigenvalue weighted by molar-refractivity contribution is 6.30. The number of benzene rings is 8. The quantitative estimate of drug-likeness (QED) is 0.207. The molecule has 0 radical (unpaired) electrons. The summed E-state index contributed by atoms with van der Waals surface area (Å²) in [6.07, 6.45) is 0. The molecule has 2 aromatic heterocycles. The van der Waals surface area contributed by atoms with Gasteiger partial charge in [-0.25, -0.2) is 0 Å². The SMILES string of the molecule is Oc1c(-c2c(O)c3oc4cc5ccccc5cc4c3c3ccccc23)c2ccccc2c2c1oc1cc3ccccc3cc12. The van der Waals surface area contributed by atoms with Gasteiger partial charge in [0.2, 0.25) is 0 Å². The molecule has 206 valence electrons. The van der Waals surface area contributed by atoms with E-state index < -0.39 is 0 Å². The minimum atomic E-state index is -0.0133. The lowest BCUT2D eigenvalue weighted by Gasteiger charge is -2.15. The Kier molecular flexibility index (Phi) is 4.44. The molecule has 4 heteroatoms. The molecule has 8 aromatic carbocycles. The van der Waals surface area contributed by atoms with E-state index in [2.05, 4.69) is 48.5 Å². The molecule has 0 bridgehead atoms. The van der Waals surface area contributed by atoms with Crippen LogP contribution in [0.3, 0.4) is 0 Å². The molecule has 10 aromatic rings. The predicted octanol–water partition coefficient (Wildman–Crippen LogP) is 11.2. The number of hydrogen-bond acceptors (Lipinski definition) is 4. The maximum absolute atomic E-state index is 12.1. The molecule has 0 aliphatic heterocycles. The van der Waals surface area contributed by atoms with Crippen molar-refractivity contribution >= 4 is 87.0 Å². The Balaban J connectivity index is 1.39. The second-order valence-corrected chi connectivity index (χ2v) is 11.5. The molecule has 10 rings (SSSR count). The van der Waals surface area contributed by atoms with Crippen molar-refractivity contribution in [1.29, 1.82) is 0 Å². The van der Waals surface area contributed by atoms with Crippen molar-refractivity contribution in [3.05, 3.63) is 121 Å². The number of hydrogen-bond donors (Lipinski definition) is 2. The van der Waals surface area contributed by atoms with Crippen LogP contribution in [0.1, 0.15) is 0 Å². The van der Waals surface area contributed by atoms with Gasteiger partial charge in [-0.05, 0) is 67.4 Å². The van der Waals surface area contributed by atoms with Crippen LogP contribution in [0.4, 0.5) is 0 Å². The summed E-state index contributed by atoms with van der Waals surface area (Å²) in [4.78, 5) is 0. The Bertz CT molecular complexity index is 2650. The zero-order valence-electron chi connectivity index (χ0n) is 23.3. The average Bonchev–Trinajstić information content (AvgIpc) is 3.63. The van der Waals surface area contributed by atoms with Crippen molar-refractivity contribution in [2.24, 2.45) is 0 Å². The first kappa shape index (κ1) is 23.6. The van der Waals surface area contributed by atoms with Gasteiger partial charge in [-0.15, -0.1) is 0 Å². The van der Waals surface area contributed by atoms with Crippen molar-refractivity contribution < 1.29 is 19.0 Å². The van der Waals surface area contributed by atoms with Crippen LogP contribution in [0.25, 0.3) is 98.1 Å². The third kappa shape index (κ3) is 2.96. The van der Waals surface area contributed by atoms with E-state index in [0.29, 0.717) is 33.5 Å². The molecule has 44 heavy (non-hydrogen) atoms. The van der Waals surface area contributed by atoms with E-state index >= 15 is 0 Å². The molecule has 0 fully saturated rings. The van der Waals surface area contributed by atoms with Crippen LogP contribution in [0.2, 0.25) is 0 Å². The molecule has 0 unspecified atom stereocenters. The number of phenolic OH excluding ortho intramolecular Hbond substituents is 2. The van der Waals surface area contributed by atoms with Crippen molar-refractivity contribution in [2.75, 3.05) is 0 Å². The highest BCUT2D eigenvalue weighted by Gasteiger charge is 2.27. The number of fused-ring (bicyclic) bond motifs is 12. The monoisotopic (exact) mass is 566 g/mol. The fourth-order valence-corrected chi connectivity index (χ4v) is 7.26. The standard InChI is InChI=1S/C40H22O4/c41-37-35(27-15-7-5-13-25(27)33-29-17-21-9-1-3-11-23(21)19-31(29)43-39(33)37)36-28-16-8-6-14-26(28)34-30-18-22-10-2-4-12-24(22)20-32(30)44-40(34)38(36)42/h1-20,41-42H. The van der Waals surface area contributed by atoms with Crippen molar-refractivity contribution in [1.82, 2.24) is 0 Å². The second-order valence-electron chi connectivity index (χ2n) is 11.5. The van der Waals surface area contributed by atoms with Gasteiger partial charge >= 0.3 is 0 Å². The number of furan rings is 2. The lowest BCUT2D eigenvalue weighted by Crippen LogP contribution is -1.89. The van der Waals surface area contributed by atoms with Crippen LogP contribution in [-0.2, 0) is 0 Å². The second kappa shape index (κ2) is 8.30. The largest absolute Gasteiger partial charge is 0.504 e. The van der Waals surface area contributed by atoms with Gasteiger partial charge in [-0.2, -0.15) is 0 Å². The smallest absolute Gasteiger partial charge is 0.178 e. The molecule has 0 spiro atoms. The minimum absolute atomic E-state index is 0.0133. The van der Waals surface area contributed by atoms with Crippen LogP contribution in [0.15, 0.2) is 130 Å². The Morgan fingerprint density at radius 2 is 0.705 bits per heavy atom. The van der Waals surface area contributed by atoms with E-state index in [1.54, 1.807) is 0 Å². The first-order valence-electron chi connectivity index (χ1n) is 14.6. The number of rotatable bonds is 1. The Hall–Kier alpha value is -6.00. The summed E-state index contributed by atoms with van der Waals surface area (Å²) in [7, 11) is 0. The van der Waals surface area contributed by atoms with Crippen LogP contribution in [0.5, 0.6) is 11.5 Å². The summed E-state index contributed by atoms with van der Waals surface area (Å²) in [5.74, 6) is -0.0267. The van der Waals surface area contributed by atoms with Crippen molar-refractivity contribution in [3.63, 3.8) is 0 Å². The van der Waals surface area contributed by atoms with Gasteiger partial charge in [0.15, 0.2) is 22.7 Å². The highest BCUT2D eigenvalue weighted by Crippen LogP contribution is 2.54. The van der Waals surface area contributed by atoms with Gasteiger partial charge in [0, 0.05) is 32.7 Å². The van der Waals surface area contributed by atoms with Gasteiger partial charge in [-0.3, -0.25) is 0 Å². The summed E-state index contributed by atoms with van der Waals surface area (Å²) in [6, 6.07) is 40.6. The molecule has 0 saturated carbocycles. The third-order valence-electron chi connectivity index (χ3n) is 9.20. The molecule has 2 heterocycles. The van der Waals surface area contributed by atoms with Crippen LogP contribution >= 0.6 is 0 Å². The predicted molar refractivity (Wildman–Crippen MR) is 180 cm³/mol. The van der Waals surface area contributed by atoms with E-state index in [4.69, 9.17) is 8.83 Å². The van der Waals surface area contributed by atoms with Gasteiger partial charge in [-0.1, -0.05) is 97.1 Å². The third-order valence-corrected chi connectivity index (χ3v) is 9.20. The maximum Gasteiger partial charge on any atom is 0.178 e. The first-order chi connectivity index (χ1) is 21.7. The summed E-state index contributed by atoms with van der Waals surface area (Å²) < 4.78 is 12.9. The zero-order valence-corrected chi connectivity index (χ0v) is 23.3. The van der Waals surface area contributed by atoms with Crippen molar-refractivity contribution in [2.45, 2.75) is 0 Å². The fraction of sp³-hybridized carbons (Fsp3) is 0. The minimum Gasteiger partial charge on any atom is -0.504 e.